The molecule has 1 unspecified atom stereocenters. The van der Waals surface area contributed by atoms with Crippen LogP contribution >= 0.6 is 0 Å². The molecule has 4 aliphatic rings. The van der Waals surface area contributed by atoms with E-state index in [2.05, 4.69) is 4.74 Å². The van der Waals surface area contributed by atoms with Gasteiger partial charge in [0.2, 0.25) is 0 Å². The van der Waals surface area contributed by atoms with Crippen molar-refractivity contribution in [2.75, 3.05) is 7.11 Å². The fourth-order valence-electron chi connectivity index (χ4n) is 3.30. The average Bonchev–Trinajstić information content (AvgIpc) is 2.42. The first-order valence-electron chi connectivity index (χ1n) is 4.37. The lowest BCUT2D eigenvalue weighted by atomic mass is 9.98. The van der Waals surface area contributed by atoms with Gasteiger partial charge in [0.05, 0.1) is 13.0 Å². The summed E-state index contributed by atoms with van der Waals surface area (Å²) in [5.41, 5.74) is 0. The number of Topliss-reactive ketones (excluding diaryl/α,β-unsaturated/α-hetero) is 1. The first-order valence-corrected chi connectivity index (χ1v) is 4.37. The Kier molecular flexibility index (Phi) is 0.955. The lowest BCUT2D eigenvalue weighted by Crippen LogP contribution is -2.21. The third-order valence-corrected chi connectivity index (χ3v) is 3.77. The van der Waals surface area contributed by atoms with E-state index in [9.17, 15) is 9.59 Å². The molecule has 0 N–H and O–H groups in total. The Bertz CT molecular complexity index is 283. The van der Waals surface area contributed by atoms with Crippen LogP contribution in [0.3, 0.4) is 0 Å². The van der Waals surface area contributed by atoms with Gasteiger partial charge in [0.25, 0.3) is 0 Å². The average molecular weight is 166 g/mol. The van der Waals surface area contributed by atoms with Gasteiger partial charge in [0, 0.05) is 11.8 Å². The van der Waals surface area contributed by atoms with E-state index in [0.29, 0.717) is 17.6 Å². The van der Waals surface area contributed by atoms with Gasteiger partial charge in [-0.1, -0.05) is 0 Å². The molecule has 0 heterocycles. The molecule has 4 fully saturated rings. The number of ether oxygens (including phenoxy) is 1. The molecule has 5 atom stereocenters. The largest absolute Gasteiger partial charge is 0.469 e. The summed E-state index contributed by atoms with van der Waals surface area (Å²) < 4.78 is 4.69. The van der Waals surface area contributed by atoms with Gasteiger partial charge in [-0.15, -0.1) is 0 Å². The van der Waals surface area contributed by atoms with E-state index in [1.807, 2.05) is 0 Å². The summed E-state index contributed by atoms with van der Waals surface area (Å²) in [6.07, 6.45) is 0.952. The summed E-state index contributed by atoms with van der Waals surface area (Å²) in [7, 11) is 1.40. The van der Waals surface area contributed by atoms with Crippen LogP contribution in [0.15, 0.2) is 0 Å². The molecule has 4 aliphatic carbocycles. The van der Waals surface area contributed by atoms with Gasteiger partial charge < -0.3 is 4.74 Å². The summed E-state index contributed by atoms with van der Waals surface area (Å²) in [6, 6.07) is 0. The van der Waals surface area contributed by atoms with Crippen LogP contribution in [-0.2, 0) is 14.3 Å². The van der Waals surface area contributed by atoms with Crippen LogP contribution in [0.25, 0.3) is 0 Å². The summed E-state index contributed by atoms with van der Waals surface area (Å²) >= 11 is 0. The van der Waals surface area contributed by atoms with Gasteiger partial charge in [-0.2, -0.15) is 0 Å². The minimum atomic E-state index is -0.166. The number of ketones is 1. The van der Waals surface area contributed by atoms with Crippen LogP contribution in [0.2, 0.25) is 0 Å². The maximum atomic E-state index is 11.4. The molecule has 64 valence electrons. The molecule has 4 saturated carbocycles. The van der Waals surface area contributed by atoms with E-state index in [4.69, 9.17) is 0 Å². The number of rotatable bonds is 1. The summed E-state index contributed by atoms with van der Waals surface area (Å²) in [5.74, 6) is 1.29. The quantitative estimate of drug-likeness (QED) is 0.524. The molecule has 0 aliphatic heterocycles. The van der Waals surface area contributed by atoms with E-state index < -0.39 is 0 Å². The van der Waals surface area contributed by atoms with E-state index in [1.54, 1.807) is 0 Å². The third kappa shape index (κ3) is 0.490. The summed E-state index contributed by atoms with van der Waals surface area (Å²) in [4.78, 5) is 22.7. The van der Waals surface area contributed by atoms with Crippen LogP contribution in [0.1, 0.15) is 6.42 Å². The Morgan fingerprint density at radius 3 is 2.67 bits per heavy atom. The van der Waals surface area contributed by atoms with E-state index in [0.717, 1.165) is 6.42 Å². The minimum Gasteiger partial charge on any atom is -0.469 e. The molecule has 4 bridgehead atoms. The number of hydrogen-bond donors (Lipinski definition) is 0. The van der Waals surface area contributed by atoms with Crippen molar-refractivity contribution >= 4 is 11.8 Å². The molecule has 0 radical (unpaired) electrons. The molecule has 3 heteroatoms. The predicted molar refractivity (Wildman–Crippen MR) is 39.1 cm³/mol. The third-order valence-electron chi connectivity index (χ3n) is 3.77. The van der Waals surface area contributed by atoms with Crippen molar-refractivity contribution in [2.24, 2.45) is 29.6 Å². The molecule has 4 rings (SSSR count). The molecule has 0 saturated heterocycles. The number of carbonyl (C=O) groups excluding carboxylic acids is 2. The highest BCUT2D eigenvalue weighted by atomic mass is 16.5. The number of methoxy groups -OCH3 is 1. The van der Waals surface area contributed by atoms with Gasteiger partial charge in [0.15, 0.2) is 0 Å². The maximum Gasteiger partial charge on any atom is 0.309 e. The summed E-state index contributed by atoms with van der Waals surface area (Å²) in [5, 5.41) is 0. The van der Waals surface area contributed by atoms with Crippen LogP contribution in [0, 0.1) is 29.6 Å². The van der Waals surface area contributed by atoms with Gasteiger partial charge in [-0.25, -0.2) is 0 Å². The molecule has 0 aromatic heterocycles. The van der Waals surface area contributed by atoms with Gasteiger partial charge >= 0.3 is 5.97 Å². The Hall–Kier alpha value is -0.860. The van der Waals surface area contributed by atoms with Crippen molar-refractivity contribution in [2.45, 2.75) is 6.42 Å². The fraction of sp³-hybridized carbons (Fsp3) is 0.778. The molecular weight excluding hydrogens is 156 g/mol. The summed E-state index contributed by atoms with van der Waals surface area (Å²) in [6.45, 7) is 0. The highest BCUT2D eigenvalue weighted by Gasteiger charge is 2.75. The lowest BCUT2D eigenvalue weighted by molar-refractivity contribution is -0.147. The van der Waals surface area contributed by atoms with Gasteiger partial charge in [0.1, 0.15) is 5.78 Å². The molecular formula is C9H10O3. The fourth-order valence-corrected chi connectivity index (χ4v) is 3.30. The monoisotopic (exact) mass is 166 g/mol. The zero-order chi connectivity index (χ0) is 8.46. The second-order valence-corrected chi connectivity index (χ2v) is 4.06. The van der Waals surface area contributed by atoms with Crippen molar-refractivity contribution in [3.63, 3.8) is 0 Å². The topological polar surface area (TPSA) is 43.4 Å². The molecule has 0 aromatic carbocycles. The number of hydrogen-bond acceptors (Lipinski definition) is 3. The van der Waals surface area contributed by atoms with Crippen molar-refractivity contribution in [1.29, 1.82) is 0 Å². The molecule has 3 nitrogen and oxygen atoms in total. The van der Waals surface area contributed by atoms with E-state index in [-0.39, 0.29) is 23.7 Å². The Morgan fingerprint density at radius 1 is 1.58 bits per heavy atom. The maximum absolute atomic E-state index is 11.4. The minimum absolute atomic E-state index is 0.0254. The van der Waals surface area contributed by atoms with Crippen molar-refractivity contribution < 1.29 is 14.3 Å². The van der Waals surface area contributed by atoms with Crippen LogP contribution in [0.4, 0.5) is 0 Å². The van der Waals surface area contributed by atoms with E-state index >= 15 is 0 Å². The Morgan fingerprint density at radius 2 is 2.33 bits per heavy atom. The SMILES string of the molecule is COC(=O)[C@@H]1[C@@H]2C3C[C@H]1C(=O)[C@H]32. The normalized spacial score (nSPS) is 52.8. The first kappa shape index (κ1) is 6.63. The Labute approximate surface area is 70.1 Å². The highest BCUT2D eigenvalue weighted by Crippen LogP contribution is 2.71. The van der Waals surface area contributed by atoms with Crippen molar-refractivity contribution in [3.05, 3.63) is 0 Å². The molecule has 12 heavy (non-hydrogen) atoms. The van der Waals surface area contributed by atoms with Crippen molar-refractivity contribution in [1.82, 2.24) is 0 Å². The zero-order valence-electron chi connectivity index (χ0n) is 6.82. The number of carbonyl (C=O) groups is 2. The van der Waals surface area contributed by atoms with Crippen LogP contribution in [0.5, 0.6) is 0 Å². The lowest BCUT2D eigenvalue weighted by Gasteiger charge is -2.09. The second-order valence-electron chi connectivity index (χ2n) is 4.06. The zero-order valence-corrected chi connectivity index (χ0v) is 6.82. The van der Waals surface area contributed by atoms with Crippen molar-refractivity contribution in [3.8, 4) is 0 Å². The van der Waals surface area contributed by atoms with Crippen LogP contribution in [-0.4, -0.2) is 18.9 Å². The molecule has 0 amide bonds. The van der Waals surface area contributed by atoms with Gasteiger partial charge in [-0.3, -0.25) is 9.59 Å². The number of esters is 1. The van der Waals surface area contributed by atoms with Crippen LogP contribution < -0.4 is 0 Å². The standard InChI is InChI=1S/C9H10O3/c1-12-9(11)7-4-2-3-5(7)6(3)8(4)10/h3-7H,2H2,1H3/t3?,4-,5-,6-,7+/m1/s1. The van der Waals surface area contributed by atoms with Gasteiger partial charge in [-0.05, 0) is 18.3 Å². The Balaban J connectivity index is 1.93. The second kappa shape index (κ2) is 1.73. The predicted octanol–water partition coefficient (Wildman–Crippen LogP) is 0.240. The highest BCUT2D eigenvalue weighted by molar-refractivity contribution is 5.98. The first-order chi connectivity index (χ1) is 5.75. The molecule has 0 spiro atoms. The smallest absolute Gasteiger partial charge is 0.309 e. The van der Waals surface area contributed by atoms with E-state index in [1.165, 1.54) is 7.11 Å². The molecule has 0 aromatic rings.